The number of hydrogen-bond donors (Lipinski definition) is 0. The van der Waals surface area contributed by atoms with Gasteiger partial charge < -0.3 is 0 Å². The highest BCUT2D eigenvalue weighted by Gasteiger charge is 2.10. The third-order valence-corrected chi connectivity index (χ3v) is 3.61. The molecule has 0 saturated carbocycles. The van der Waals surface area contributed by atoms with Crippen LogP contribution in [-0.4, -0.2) is 0 Å². The Morgan fingerprint density at radius 1 is 0.737 bits per heavy atom. The van der Waals surface area contributed by atoms with Gasteiger partial charge in [-0.2, -0.15) is 0 Å². The van der Waals surface area contributed by atoms with E-state index < -0.39 is 0 Å². The highest BCUT2D eigenvalue weighted by molar-refractivity contribution is 6.36. The summed E-state index contributed by atoms with van der Waals surface area (Å²) < 4.78 is 0. The van der Waals surface area contributed by atoms with Gasteiger partial charge >= 0.3 is 0 Å². The zero-order chi connectivity index (χ0) is 14.0. The van der Waals surface area contributed by atoms with Gasteiger partial charge in [-0.05, 0) is 41.0 Å². The minimum absolute atomic E-state index is 0.563. The van der Waals surface area contributed by atoms with Crippen LogP contribution in [0.3, 0.4) is 0 Å². The zero-order valence-electron chi connectivity index (χ0n) is 10.1. The molecule has 0 unspecified atom stereocenters. The van der Waals surface area contributed by atoms with Gasteiger partial charge in [0.2, 0.25) is 0 Å². The van der Waals surface area contributed by atoms with Crippen molar-refractivity contribution < 1.29 is 0 Å². The van der Waals surface area contributed by atoms with Crippen molar-refractivity contribution in [2.45, 2.75) is 0 Å². The standard InChI is InChI=1S/C16H11Cl3/c1-10(12-3-5-13(17)6-4-12)11(2)15-8-7-14(18)9-16(15)19/h3-9H,1-2H2. The van der Waals surface area contributed by atoms with Gasteiger partial charge in [0.15, 0.2) is 0 Å². The quantitative estimate of drug-likeness (QED) is 0.578. The van der Waals surface area contributed by atoms with Crippen molar-refractivity contribution >= 4 is 45.9 Å². The molecular weight excluding hydrogens is 299 g/mol. The lowest BCUT2D eigenvalue weighted by Crippen LogP contribution is -1.89. The Kier molecular flexibility index (Phi) is 4.36. The first-order chi connectivity index (χ1) is 8.99. The molecule has 0 fully saturated rings. The van der Waals surface area contributed by atoms with Gasteiger partial charge in [0, 0.05) is 20.6 Å². The van der Waals surface area contributed by atoms with Gasteiger partial charge in [0.25, 0.3) is 0 Å². The smallest absolute Gasteiger partial charge is 0.0499 e. The Bertz CT molecular complexity index is 640. The van der Waals surface area contributed by atoms with Crippen LogP contribution >= 0.6 is 34.8 Å². The van der Waals surface area contributed by atoms with E-state index in [1.165, 1.54) is 0 Å². The number of rotatable bonds is 3. The predicted octanol–water partition coefficient (Wildman–Crippen LogP) is 6.37. The summed E-state index contributed by atoms with van der Waals surface area (Å²) in [5.74, 6) is 0. The number of hydrogen-bond acceptors (Lipinski definition) is 0. The molecule has 0 amide bonds. The summed E-state index contributed by atoms with van der Waals surface area (Å²) in [4.78, 5) is 0. The average Bonchev–Trinajstić information content (AvgIpc) is 2.38. The molecule has 0 bridgehead atoms. The maximum Gasteiger partial charge on any atom is 0.0499 e. The van der Waals surface area contributed by atoms with Crippen LogP contribution in [0.15, 0.2) is 55.6 Å². The largest absolute Gasteiger partial charge is 0.0906 e. The first-order valence-corrected chi connectivity index (χ1v) is 6.72. The van der Waals surface area contributed by atoms with Gasteiger partial charge in [0.05, 0.1) is 0 Å². The molecule has 0 heterocycles. The molecule has 0 atom stereocenters. The molecular formula is C16H11Cl3. The van der Waals surface area contributed by atoms with Crippen LogP contribution < -0.4 is 0 Å². The molecule has 0 aliphatic rings. The van der Waals surface area contributed by atoms with Crippen molar-refractivity contribution in [1.29, 1.82) is 0 Å². The summed E-state index contributed by atoms with van der Waals surface area (Å²) in [7, 11) is 0. The average molecular weight is 310 g/mol. The van der Waals surface area contributed by atoms with Crippen LogP contribution in [0.5, 0.6) is 0 Å². The van der Waals surface area contributed by atoms with Crippen molar-refractivity contribution in [3.8, 4) is 0 Å². The molecule has 0 saturated heterocycles. The molecule has 0 N–H and O–H groups in total. The molecule has 2 aromatic rings. The van der Waals surface area contributed by atoms with Crippen molar-refractivity contribution in [3.63, 3.8) is 0 Å². The molecule has 2 rings (SSSR count). The Balaban J connectivity index is 2.33. The van der Waals surface area contributed by atoms with E-state index >= 15 is 0 Å². The molecule has 96 valence electrons. The lowest BCUT2D eigenvalue weighted by Gasteiger charge is -2.12. The van der Waals surface area contributed by atoms with Crippen LogP contribution in [0.1, 0.15) is 11.1 Å². The molecule has 3 heteroatoms. The first kappa shape index (κ1) is 14.2. The van der Waals surface area contributed by atoms with E-state index in [9.17, 15) is 0 Å². The number of halogens is 3. The minimum Gasteiger partial charge on any atom is -0.0906 e. The molecule has 0 radical (unpaired) electrons. The summed E-state index contributed by atoms with van der Waals surface area (Å²) in [6.07, 6.45) is 0. The van der Waals surface area contributed by atoms with Crippen molar-refractivity contribution in [3.05, 3.63) is 81.8 Å². The van der Waals surface area contributed by atoms with Crippen molar-refractivity contribution in [1.82, 2.24) is 0 Å². The van der Waals surface area contributed by atoms with Gasteiger partial charge in [-0.25, -0.2) is 0 Å². The zero-order valence-corrected chi connectivity index (χ0v) is 12.4. The van der Waals surface area contributed by atoms with Gasteiger partial charge in [0.1, 0.15) is 0 Å². The van der Waals surface area contributed by atoms with E-state index in [1.54, 1.807) is 12.1 Å². The fraction of sp³-hybridized carbons (Fsp3) is 0. The van der Waals surface area contributed by atoms with E-state index in [2.05, 4.69) is 13.2 Å². The molecule has 0 spiro atoms. The maximum atomic E-state index is 6.17. The highest BCUT2D eigenvalue weighted by atomic mass is 35.5. The third-order valence-electron chi connectivity index (χ3n) is 2.81. The SMILES string of the molecule is C=C(C(=C)c1ccc(Cl)cc1Cl)c1ccc(Cl)cc1. The normalized spacial score (nSPS) is 10.3. The summed E-state index contributed by atoms with van der Waals surface area (Å²) in [5, 5.41) is 1.85. The fourth-order valence-corrected chi connectivity index (χ4v) is 2.37. The molecule has 2 aromatic carbocycles. The Hall–Kier alpha value is -1.21. The van der Waals surface area contributed by atoms with Crippen molar-refractivity contribution in [2.75, 3.05) is 0 Å². The topological polar surface area (TPSA) is 0 Å². The maximum absolute atomic E-state index is 6.17. The van der Waals surface area contributed by atoms with E-state index in [0.29, 0.717) is 15.1 Å². The molecule has 0 aliphatic heterocycles. The molecule has 0 aliphatic carbocycles. The first-order valence-electron chi connectivity index (χ1n) is 5.58. The summed E-state index contributed by atoms with van der Waals surface area (Å²) in [6.45, 7) is 8.11. The van der Waals surface area contributed by atoms with E-state index in [1.807, 2.05) is 30.3 Å². The van der Waals surface area contributed by atoms with Crippen LogP contribution in [0, 0.1) is 0 Å². The van der Waals surface area contributed by atoms with E-state index in [-0.39, 0.29) is 0 Å². The minimum atomic E-state index is 0.563. The van der Waals surface area contributed by atoms with Crippen LogP contribution in [-0.2, 0) is 0 Å². The Labute approximate surface area is 127 Å². The van der Waals surface area contributed by atoms with Gasteiger partial charge in [-0.3, -0.25) is 0 Å². The second kappa shape index (κ2) is 5.83. The highest BCUT2D eigenvalue weighted by Crippen LogP contribution is 2.34. The van der Waals surface area contributed by atoms with E-state index in [0.717, 1.165) is 22.3 Å². The Morgan fingerprint density at radius 2 is 1.32 bits per heavy atom. The second-order valence-corrected chi connectivity index (χ2v) is 5.37. The second-order valence-electron chi connectivity index (χ2n) is 4.09. The summed E-state index contributed by atoms with van der Waals surface area (Å²) in [6, 6.07) is 12.8. The summed E-state index contributed by atoms with van der Waals surface area (Å²) >= 11 is 17.9. The summed E-state index contributed by atoms with van der Waals surface area (Å²) in [5.41, 5.74) is 3.36. The third kappa shape index (κ3) is 3.22. The number of benzene rings is 2. The molecule has 19 heavy (non-hydrogen) atoms. The molecule has 0 aromatic heterocycles. The molecule has 0 nitrogen and oxygen atoms in total. The lowest BCUT2D eigenvalue weighted by atomic mass is 9.95. The predicted molar refractivity (Wildman–Crippen MR) is 86.0 cm³/mol. The van der Waals surface area contributed by atoms with Crippen LogP contribution in [0.25, 0.3) is 11.1 Å². The van der Waals surface area contributed by atoms with Crippen LogP contribution in [0.2, 0.25) is 15.1 Å². The van der Waals surface area contributed by atoms with Crippen molar-refractivity contribution in [2.24, 2.45) is 0 Å². The van der Waals surface area contributed by atoms with E-state index in [4.69, 9.17) is 34.8 Å². The van der Waals surface area contributed by atoms with Crippen LogP contribution in [0.4, 0.5) is 0 Å². The Morgan fingerprint density at radius 3 is 1.89 bits per heavy atom. The van der Waals surface area contributed by atoms with Gasteiger partial charge in [-0.15, -0.1) is 0 Å². The van der Waals surface area contributed by atoms with Gasteiger partial charge in [-0.1, -0.05) is 66.2 Å². The fourth-order valence-electron chi connectivity index (χ4n) is 1.72. The monoisotopic (exact) mass is 308 g/mol. The number of allylic oxidation sites excluding steroid dienone is 2. The lowest BCUT2D eigenvalue weighted by molar-refractivity contribution is 1.59.